The van der Waals surface area contributed by atoms with E-state index in [4.69, 9.17) is 0 Å². The summed E-state index contributed by atoms with van der Waals surface area (Å²) in [4.78, 5) is 30.4. The molecule has 8 nitrogen and oxygen atoms in total. The van der Waals surface area contributed by atoms with Crippen LogP contribution in [0.5, 0.6) is 0 Å². The third-order valence-corrected chi connectivity index (χ3v) is 8.03. The Bertz CT molecular complexity index is 1130. The third kappa shape index (κ3) is 5.25. The fraction of sp³-hybridized carbons (Fsp3) is 0.458. The largest absolute Gasteiger partial charge is 0.310 e. The van der Waals surface area contributed by atoms with Crippen LogP contribution < -0.4 is 14.9 Å². The maximum atomic E-state index is 12.9. The fourth-order valence-corrected chi connectivity index (χ4v) is 6.03. The summed E-state index contributed by atoms with van der Waals surface area (Å²) < 4.78 is 28.5. The molecule has 1 aromatic carbocycles. The van der Waals surface area contributed by atoms with E-state index in [1.54, 1.807) is 41.4 Å². The number of amides is 2. The van der Waals surface area contributed by atoms with Gasteiger partial charge in [-0.25, -0.2) is 18.1 Å². The van der Waals surface area contributed by atoms with Gasteiger partial charge in [-0.1, -0.05) is 6.07 Å². The van der Waals surface area contributed by atoms with E-state index in [1.807, 2.05) is 13.0 Å². The summed E-state index contributed by atoms with van der Waals surface area (Å²) in [5.41, 5.74) is 1.66. The second-order valence-electron chi connectivity index (χ2n) is 9.01. The molecule has 0 spiro atoms. The minimum atomic E-state index is -3.65. The van der Waals surface area contributed by atoms with Crippen molar-refractivity contribution in [3.63, 3.8) is 0 Å². The normalized spacial score (nSPS) is 22.6. The van der Waals surface area contributed by atoms with Gasteiger partial charge < -0.3 is 10.2 Å². The van der Waals surface area contributed by atoms with Gasteiger partial charge in [0.15, 0.2) is 0 Å². The molecule has 1 aromatic heterocycles. The lowest BCUT2D eigenvalue weighted by molar-refractivity contribution is -0.121. The number of sulfonamides is 1. The Kier molecular flexibility index (Phi) is 6.81. The minimum Gasteiger partial charge on any atom is -0.310 e. The van der Waals surface area contributed by atoms with Gasteiger partial charge in [0.25, 0.3) is 0 Å². The summed E-state index contributed by atoms with van der Waals surface area (Å²) in [6, 6.07) is 10.4. The van der Waals surface area contributed by atoms with Gasteiger partial charge in [-0.15, -0.1) is 0 Å². The Hall–Kier alpha value is -2.78. The Balaban J connectivity index is 1.30. The zero-order valence-electron chi connectivity index (χ0n) is 19.0. The molecule has 9 heteroatoms. The van der Waals surface area contributed by atoms with Crippen molar-refractivity contribution in [3.8, 4) is 0 Å². The lowest BCUT2D eigenvalue weighted by Gasteiger charge is -2.27. The lowest BCUT2D eigenvalue weighted by Crippen LogP contribution is -2.34. The number of hydrogen-bond donors (Lipinski definition) is 2. The molecule has 0 unspecified atom stereocenters. The standard InChI is InChI=1S/C24H30N4O4S/c1-16-13-20-14-21(10-11-22(20)28(16)17(2)29)33(31,32)26-15-18-6-8-19(9-7-18)24(30)27-23-5-3-4-12-25-23/h3-5,10-12,14,16,18-19,26H,6-9,13,15H2,1-2H3,(H,25,27,30)/t16-,18?,19?/m0/s1. The number of carbonyl (C=O) groups excluding carboxylic acids is 2. The molecule has 0 radical (unpaired) electrons. The minimum absolute atomic E-state index is 0.0217. The van der Waals surface area contributed by atoms with E-state index in [-0.39, 0.29) is 34.6 Å². The van der Waals surface area contributed by atoms with E-state index in [9.17, 15) is 18.0 Å². The van der Waals surface area contributed by atoms with Crippen LogP contribution in [0.4, 0.5) is 11.5 Å². The average molecular weight is 471 g/mol. The second-order valence-corrected chi connectivity index (χ2v) is 10.8. The zero-order valence-corrected chi connectivity index (χ0v) is 19.8. The molecule has 1 fully saturated rings. The molecule has 176 valence electrons. The van der Waals surface area contributed by atoms with Crippen LogP contribution in [0, 0.1) is 11.8 Å². The molecule has 4 rings (SSSR count). The van der Waals surface area contributed by atoms with Gasteiger partial charge in [-0.2, -0.15) is 0 Å². The summed E-state index contributed by atoms with van der Waals surface area (Å²) in [5.74, 6) is 0.593. The van der Waals surface area contributed by atoms with Crippen LogP contribution in [0.1, 0.15) is 45.1 Å². The number of nitrogens with zero attached hydrogens (tertiary/aromatic N) is 2. The average Bonchev–Trinajstić information content (AvgIpc) is 3.14. The van der Waals surface area contributed by atoms with Crippen molar-refractivity contribution < 1.29 is 18.0 Å². The maximum Gasteiger partial charge on any atom is 0.240 e. The van der Waals surface area contributed by atoms with Crippen molar-refractivity contribution in [1.29, 1.82) is 0 Å². The first-order valence-corrected chi connectivity index (χ1v) is 12.9. The second kappa shape index (κ2) is 9.61. The van der Waals surface area contributed by atoms with E-state index in [0.717, 1.165) is 36.9 Å². The molecular formula is C24H30N4O4S. The molecular weight excluding hydrogens is 440 g/mol. The quantitative estimate of drug-likeness (QED) is 0.674. The third-order valence-electron chi connectivity index (χ3n) is 6.61. The molecule has 0 bridgehead atoms. The molecule has 0 saturated heterocycles. The number of fused-ring (bicyclic) bond motifs is 1. The summed E-state index contributed by atoms with van der Waals surface area (Å²) in [6.07, 6.45) is 5.31. The lowest BCUT2D eigenvalue weighted by atomic mass is 9.81. The van der Waals surface area contributed by atoms with Crippen molar-refractivity contribution in [2.75, 3.05) is 16.8 Å². The van der Waals surface area contributed by atoms with Crippen molar-refractivity contribution in [2.45, 2.75) is 56.9 Å². The molecule has 1 aliphatic carbocycles. The topological polar surface area (TPSA) is 108 Å². The number of pyridine rings is 1. The number of carbonyl (C=O) groups is 2. The highest BCUT2D eigenvalue weighted by Gasteiger charge is 2.31. The van der Waals surface area contributed by atoms with Gasteiger partial charge in [-0.05, 0) is 80.8 Å². The number of nitrogens with one attached hydrogen (secondary N) is 2. The van der Waals surface area contributed by atoms with E-state index < -0.39 is 10.0 Å². The molecule has 33 heavy (non-hydrogen) atoms. The van der Waals surface area contributed by atoms with Crippen LogP contribution in [0.15, 0.2) is 47.5 Å². The van der Waals surface area contributed by atoms with Crippen LogP contribution in [-0.2, 0) is 26.0 Å². The van der Waals surface area contributed by atoms with Crippen LogP contribution in [0.2, 0.25) is 0 Å². The SMILES string of the molecule is CC(=O)N1c2ccc(S(=O)(=O)NCC3CCC(C(=O)Nc4ccccn4)CC3)cc2C[C@@H]1C. The zero-order chi connectivity index (χ0) is 23.6. The van der Waals surface area contributed by atoms with Crippen LogP contribution >= 0.6 is 0 Å². The van der Waals surface area contributed by atoms with Gasteiger partial charge in [0.2, 0.25) is 21.8 Å². The number of aromatic nitrogens is 1. The molecule has 2 N–H and O–H groups in total. The number of rotatable bonds is 6. The first-order valence-electron chi connectivity index (χ1n) is 11.4. The Morgan fingerprint density at radius 3 is 2.55 bits per heavy atom. The number of anilines is 2. The predicted octanol–water partition coefficient (Wildman–Crippen LogP) is 3.10. The summed E-state index contributed by atoms with van der Waals surface area (Å²) >= 11 is 0. The molecule has 2 amide bonds. The predicted molar refractivity (Wildman–Crippen MR) is 126 cm³/mol. The molecule has 1 saturated carbocycles. The Labute approximate surface area is 194 Å². The van der Waals surface area contributed by atoms with E-state index in [0.29, 0.717) is 18.8 Å². The summed E-state index contributed by atoms with van der Waals surface area (Å²) in [5, 5.41) is 2.85. The van der Waals surface area contributed by atoms with Gasteiger partial charge in [-0.3, -0.25) is 9.59 Å². The van der Waals surface area contributed by atoms with Gasteiger partial charge in [0, 0.05) is 37.3 Å². The van der Waals surface area contributed by atoms with Crippen molar-refractivity contribution in [1.82, 2.24) is 9.71 Å². The van der Waals surface area contributed by atoms with Crippen molar-refractivity contribution in [3.05, 3.63) is 48.2 Å². The Morgan fingerprint density at radius 2 is 1.88 bits per heavy atom. The molecule has 1 atom stereocenters. The van der Waals surface area contributed by atoms with E-state index in [1.165, 1.54) is 6.92 Å². The monoisotopic (exact) mass is 470 g/mol. The fourth-order valence-electron chi connectivity index (χ4n) is 4.86. The van der Waals surface area contributed by atoms with E-state index in [2.05, 4.69) is 15.0 Å². The first-order chi connectivity index (χ1) is 15.7. The first kappa shape index (κ1) is 23.4. The smallest absolute Gasteiger partial charge is 0.240 e. The van der Waals surface area contributed by atoms with Gasteiger partial charge in [0.1, 0.15) is 5.82 Å². The van der Waals surface area contributed by atoms with Crippen molar-refractivity contribution >= 4 is 33.3 Å². The highest BCUT2D eigenvalue weighted by atomic mass is 32.2. The summed E-state index contributed by atoms with van der Waals surface area (Å²) in [6.45, 7) is 3.83. The highest BCUT2D eigenvalue weighted by molar-refractivity contribution is 7.89. The Morgan fingerprint density at radius 1 is 1.12 bits per heavy atom. The van der Waals surface area contributed by atoms with Crippen LogP contribution in [-0.4, -0.2) is 37.8 Å². The molecule has 2 heterocycles. The molecule has 2 aromatic rings. The van der Waals surface area contributed by atoms with Gasteiger partial charge >= 0.3 is 0 Å². The van der Waals surface area contributed by atoms with Crippen molar-refractivity contribution in [2.24, 2.45) is 11.8 Å². The maximum absolute atomic E-state index is 12.9. The van der Waals surface area contributed by atoms with Crippen LogP contribution in [0.3, 0.4) is 0 Å². The van der Waals surface area contributed by atoms with Crippen LogP contribution in [0.25, 0.3) is 0 Å². The number of hydrogen-bond acceptors (Lipinski definition) is 5. The molecule has 2 aliphatic rings. The number of benzene rings is 1. The summed E-state index contributed by atoms with van der Waals surface area (Å²) in [7, 11) is -3.65. The highest BCUT2D eigenvalue weighted by Crippen LogP contribution is 2.34. The molecule has 1 aliphatic heterocycles. The van der Waals surface area contributed by atoms with E-state index >= 15 is 0 Å². The van der Waals surface area contributed by atoms with Gasteiger partial charge in [0.05, 0.1) is 4.90 Å².